The SMILES string of the molecule is Cc1sc(Br)cc1CO. The van der Waals surface area contributed by atoms with Gasteiger partial charge in [-0.3, -0.25) is 0 Å². The van der Waals surface area contributed by atoms with Crippen LogP contribution in [0.5, 0.6) is 0 Å². The van der Waals surface area contributed by atoms with Crippen molar-refractivity contribution in [2.45, 2.75) is 13.5 Å². The lowest BCUT2D eigenvalue weighted by atomic mass is 10.3. The number of hydrogen-bond donors (Lipinski definition) is 1. The van der Waals surface area contributed by atoms with Gasteiger partial charge in [0.2, 0.25) is 0 Å². The van der Waals surface area contributed by atoms with E-state index in [-0.39, 0.29) is 6.61 Å². The minimum Gasteiger partial charge on any atom is -0.392 e. The number of aliphatic hydroxyl groups excluding tert-OH is 1. The Labute approximate surface area is 66.5 Å². The molecule has 0 bridgehead atoms. The second kappa shape index (κ2) is 2.82. The first-order valence-corrected chi connectivity index (χ1v) is 4.20. The van der Waals surface area contributed by atoms with Crippen LogP contribution < -0.4 is 0 Å². The maximum Gasteiger partial charge on any atom is 0.0704 e. The van der Waals surface area contributed by atoms with Crippen LogP contribution in [0.4, 0.5) is 0 Å². The summed E-state index contributed by atoms with van der Waals surface area (Å²) in [6.07, 6.45) is 0. The predicted octanol–water partition coefficient (Wildman–Crippen LogP) is 2.31. The van der Waals surface area contributed by atoms with E-state index < -0.39 is 0 Å². The molecule has 0 unspecified atom stereocenters. The minimum absolute atomic E-state index is 0.147. The van der Waals surface area contributed by atoms with E-state index in [0.29, 0.717) is 0 Å². The first kappa shape index (κ1) is 7.25. The first-order valence-electron chi connectivity index (χ1n) is 2.59. The number of aliphatic hydroxyl groups is 1. The van der Waals surface area contributed by atoms with Crippen molar-refractivity contribution in [1.29, 1.82) is 0 Å². The van der Waals surface area contributed by atoms with Crippen LogP contribution in [-0.4, -0.2) is 5.11 Å². The lowest BCUT2D eigenvalue weighted by Crippen LogP contribution is -1.78. The number of rotatable bonds is 1. The zero-order valence-corrected chi connectivity index (χ0v) is 7.42. The van der Waals surface area contributed by atoms with Gasteiger partial charge in [-0.05, 0) is 34.5 Å². The average molecular weight is 207 g/mol. The molecule has 1 aromatic heterocycles. The van der Waals surface area contributed by atoms with Gasteiger partial charge in [0.1, 0.15) is 0 Å². The molecule has 3 heteroatoms. The van der Waals surface area contributed by atoms with Gasteiger partial charge in [-0.2, -0.15) is 0 Å². The van der Waals surface area contributed by atoms with Crippen LogP contribution in [-0.2, 0) is 6.61 Å². The largest absolute Gasteiger partial charge is 0.392 e. The van der Waals surface area contributed by atoms with Gasteiger partial charge in [-0.1, -0.05) is 0 Å². The standard InChI is InChI=1S/C6H7BrOS/c1-4-5(3-8)2-6(7)9-4/h2,8H,3H2,1H3. The van der Waals surface area contributed by atoms with Crippen molar-refractivity contribution in [1.82, 2.24) is 0 Å². The van der Waals surface area contributed by atoms with E-state index >= 15 is 0 Å². The van der Waals surface area contributed by atoms with Gasteiger partial charge < -0.3 is 5.11 Å². The number of halogens is 1. The first-order chi connectivity index (χ1) is 4.24. The normalized spacial score (nSPS) is 10.1. The molecule has 0 spiro atoms. The Morgan fingerprint density at radius 2 is 2.44 bits per heavy atom. The Balaban J connectivity index is 3.01. The Bertz CT molecular complexity index is 207. The van der Waals surface area contributed by atoms with E-state index in [1.165, 1.54) is 4.88 Å². The number of hydrogen-bond acceptors (Lipinski definition) is 2. The smallest absolute Gasteiger partial charge is 0.0704 e. The molecule has 1 nitrogen and oxygen atoms in total. The average Bonchev–Trinajstić information content (AvgIpc) is 2.10. The highest BCUT2D eigenvalue weighted by Gasteiger charge is 1.99. The van der Waals surface area contributed by atoms with Crippen LogP contribution >= 0.6 is 27.3 Å². The third kappa shape index (κ3) is 1.53. The molecule has 0 fully saturated rings. The summed E-state index contributed by atoms with van der Waals surface area (Å²) in [6, 6.07) is 1.94. The molecule has 0 aliphatic carbocycles. The van der Waals surface area contributed by atoms with Gasteiger partial charge in [0.05, 0.1) is 10.4 Å². The highest BCUT2D eigenvalue weighted by molar-refractivity contribution is 9.11. The molecule has 0 radical (unpaired) electrons. The fraction of sp³-hybridized carbons (Fsp3) is 0.333. The molecular formula is C6H7BrOS. The van der Waals surface area contributed by atoms with Crippen molar-refractivity contribution in [3.8, 4) is 0 Å². The Kier molecular flexibility index (Phi) is 2.27. The quantitative estimate of drug-likeness (QED) is 0.749. The monoisotopic (exact) mass is 206 g/mol. The van der Waals surface area contributed by atoms with Crippen LogP contribution in [0.2, 0.25) is 0 Å². The molecule has 0 aliphatic rings. The van der Waals surface area contributed by atoms with E-state index in [2.05, 4.69) is 15.9 Å². The Morgan fingerprint density at radius 3 is 2.67 bits per heavy atom. The molecule has 0 amide bonds. The molecule has 1 aromatic rings. The molecule has 1 heterocycles. The van der Waals surface area contributed by atoms with E-state index in [1.54, 1.807) is 11.3 Å². The molecule has 1 N–H and O–H groups in total. The fourth-order valence-corrected chi connectivity index (χ4v) is 2.39. The second-order valence-corrected chi connectivity index (χ2v) is 4.43. The Hall–Kier alpha value is 0.140. The maximum absolute atomic E-state index is 8.72. The summed E-state index contributed by atoms with van der Waals surface area (Å²) in [4.78, 5) is 1.18. The summed E-state index contributed by atoms with van der Waals surface area (Å²) < 4.78 is 1.09. The summed E-state index contributed by atoms with van der Waals surface area (Å²) in [5.74, 6) is 0. The lowest BCUT2D eigenvalue weighted by molar-refractivity contribution is 0.281. The predicted molar refractivity (Wildman–Crippen MR) is 42.7 cm³/mol. The molecular weight excluding hydrogens is 200 g/mol. The van der Waals surface area contributed by atoms with Crippen LogP contribution in [0.15, 0.2) is 9.85 Å². The summed E-state index contributed by atoms with van der Waals surface area (Å²) >= 11 is 4.98. The Morgan fingerprint density at radius 1 is 1.78 bits per heavy atom. The molecule has 0 saturated heterocycles. The van der Waals surface area contributed by atoms with Crippen molar-refractivity contribution >= 4 is 27.3 Å². The maximum atomic E-state index is 8.72. The number of thiophene rings is 1. The zero-order chi connectivity index (χ0) is 6.85. The molecule has 0 saturated carbocycles. The van der Waals surface area contributed by atoms with E-state index in [0.717, 1.165) is 9.35 Å². The molecule has 50 valence electrons. The number of aryl methyl sites for hydroxylation is 1. The van der Waals surface area contributed by atoms with Gasteiger partial charge in [-0.25, -0.2) is 0 Å². The molecule has 0 atom stereocenters. The molecule has 0 aliphatic heterocycles. The minimum atomic E-state index is 0.147. The molecule has 0 aromatic carbocycles. The van der Waals surface area contributed by atoms with Gasteiger partial charge in [0.25, 0.3) is 0 Å². The van der Waals surface area contributed by atoms with Crippen molar-refractivity contribution in [2.24, 2.45) is 0 Å². The van der Waals surface area contributed by atoms with Gasteiger partial charge >= 0.3 is 0 Å². The van der Waals surface area contributed by atoms with Gasteiger partial charge in [0, 0.05) is 4.88 Å². The van der Waals surface area contributed by atoms with Crippen molar-refractivity contribution < 1.29 is 5.11 Å². The van der Waals surface area contributed by atoms with Crippen LogP contribution in [0.1, 0.15) is 10.4 Å². The van der Waals surface area contributed by atoms with E-state index in [1.807, 2.05) is 13.0 Å². The van der Waals surface area contributed by atoms with E-state index in [9.17, 15) is 0 Å². The molecule has 9 heavy (non-hydrogen) atoms. The highest BCUT2D eigenvalue weighted by Crippen LogP contribution is 2.25. The van der Waals surface area contributed by atoms with Crippen LogP contribution in [0.25, 0.3) is 0 Å². The summed E-state index contributed by atoms with van der Waals surface area (Å²) in [7, 11) is 0. The van der Waals surface area contributed by atoms with Crippen molar-refractivity contribution in [3.63, 3.8) is 0 Å². The molecule has 1 rings (SSSR count). The summed E-state index contributed by atoms with van der Waals surface area (Å²) in [6.45, 7) is 2.15. The lowest BCUT2D eigenvalue weighted by Gasteiger charge is -1.87. The topological polar surface area (TPSA) is 20.2 Å². The van der Waals surface area contributed by atoms with Crippen molar-refractivity contribution in [3.05, 3.63) is 20.3 Å². The van der Waals surface area contributed by atoms with Crippen LogP contribution in [0.3, 0.4) is 0 Å². The summed E-state index contributed by atoms with van der Waals surface area (Å²) in [5.41, 5.74) is 1.02. The van der Waals surface area contributed by atoms with Crippen LogP contribution in [0, 0.1) is 6.92 Å². The third-order valence-corrected chi connectivity index (χ3v) is 2.76. The van der Waals surface area contributed by atoms with E-state index in [4.69, 9.17) is 5.11 Å². The highest BCUT2D eigenvalue weighted by atomic mass is 79.9. The van der Waals surface area contributed by atoms with Crippen molar-refractivity contribution in [2.75, 3.05) is 0 Å². The zero-order valence-electron chi connectivity index (χ0n) is 5.02. The second-order valence-electron chi connectivity index (χ2n) is 1.79. The van der Waals surface area contributed by atoms with Gasteiger partial charge in [-0.15, -0.1) is 11.3 Å². The van der Waals surface area contributed by atoms with Gasteiger partial charge in [0.15, 0.2) is 0 Å². The summed E-state index contributed by atoms with van der Waals surface area (Å²) in [5, 5.41) is 8.72. The third-order valence-electron chi connectivity index (χ3n) is 1.16. The fourth-order valence-electron chi connectivity index (χ4n) is 0.637.